The van der Waals surface area contributed by atoms with Gasteiger partial charge in [-0.05, 0) is 30.1 Å². The van der Waals surface area contributed by atoms with Gasteiger partial charge in [0, 0.05) is 17.4 Å². The third kappa shape index (κ3) is 4.37. The lowest BCUT2D eigenvalue weighted by molar-refractivity contribution is -0.145. The van der Waals surface area contributed by atoms with E-state index >= 15 is 0 Å². The first kappa shape index (κ1) is 19.4. The van der Waals surface area contributed by atoms with E-state index in [-0.39, 0.29) is 23.2 Å². The maximum absolute atomic E-state index is 12.1. The Kier molecular flexibility index (Phi) is 6.17. The second-order valence-electron chi connectivity index (χ2n) is 7.32. The number of fused-ring (bicyclic) bond motifs is 1. The van der Waals surface area contributed by atoms with Crippen molar-refractivity contribution in [2.75, 3.05) is 0 Å². The molecule has 0 aromatic rings. The molecule has 0 aliphatic heterocycles. The molecule has 5 atom stereocenters. The number of hydrogen-bond donors (Lipinski definition) is 1. The first-order valence-electron chi connectivity index (χ1n) is 8.95. The first-order chi connectivity index (χ1) is 11.8. The van der Waals surface area contributed by atoms with Gasteiger partial charge in [0.25, 0.3) is 0 Å². The van der Waals surface area contributed by atoms with E-state index in [4.69, 9.17) is 4.74 Å². The highest BCUT2D eigenvalue weighted by Gasteiger charge is 2.46. The lowest BCUT2D eigenvalue weighted by Gasteiger charge is -2.45. The van der Waals surface area contributed by atoms with Gasteiger partial charge in [-0.2, -0.15) is 0 Å². The molecule has 0 spiro atoms. The Morgan fingerprint density at radius 1 is 1.48 bits per heavy atom. The lowest BCUT2D eigenvalue weighted by Crippen LogP contribution is -2.45. The van der Waals surface area contributed by atoms with Crippen LogP contribution in [0.5, 0.6) is 0 Å². The van der Waals surface area contributed by atoms with Crippen LogP contribution >= 0.6 is 0 Å². The van der Waals surface area contributed by atoms with Crippen LogP contribution in [0.15, 0.2) is 48.1 Å². The minimum absolute atomic E-state index is 0.0282. The Morgan fingerprint density at radius 2 is 2.20 bits per heavy atom. The summed E-state index contributed by atoms with van der Waals surface area (Å²) < 4.78 is 5.57. The minimum atomic E-state index is -0.982. The molecule has 0 saturated carbocycles. The van der Waals surface area contributed by atoms with Crippen molar-refractivity contribution in [1.82, 2.24) is 0 Å². The van der Waals surface area contributed by atoms with Crippen molar-refractivity contribution in [1.29, 1.82) is 0 Å². The molecule has 1 N–H and O–H groups in total. The number of aliphatic hydroxyl groups excluding tert-OH is 1. The maximum Gasteiger partial charge on any atom is 0.331 e. The second kappa shape index (κ2) is 7.96. The predicted octanol–water partition coefficient (Wildman–Crippen LogP) is 3.53. The van der Waals surface area contributed by atoms with E-state index in [1.54, 1.807) is 6.08 Å². The van der Waals surface area contributed by atoms with Crippen molar-refractivity contribution in [3.05, 3.63) is 48.1 Å². The number of esters is 1. The van der Waals surface area contributed by atoms with Crippen LogP contribution in [0.1, 0.15) is 40.5 Å². The van der Waals surface area contributed by atoms with Crippen molar-refractivity contribution >= 4 is 11.8 Å². The summed E-state index contributed by atoms with van der Waals surface area (Å²) in [6.07, 6.45) is 12.3. The zero-order chi connectivity index (χ0) is 18.6. The van der Waals surface area contributed by atoms with Crippen molar-refractivity contribution < 1.29 is 19.4 Å². The van der Waals surface area contributed by atoms with Crippen LogP contribution in [-0.2, 0) is 14.3 Å². The van der Waals surface area contributed by atoms with E-state index in [1.165, 1.54) is 12.2 Å². The van der Waals surface area contributed by atoms with Crippen LogP contribution in [0.3, 0.4) is 0 Å². The summed E-state index contributed by atoms with van der Waals surface area (Å²) in [6.45, 7) is 8.23. The summed E-state index contributed by atoms with van der Waals surface area (Å²) in [5.41, 5.74) is 0.516. The molecule has 2 rings (SSSR count). The fourth-order valence-electron chi connectivity index (χ4n) is 3.29. The van der Waals surface area contributed by atoms with Crippen LogP contribution in [0, 0.1) is 17.3 Å². The second-order valence-corrected chi connectivity index (χ2v) is 7.32. The Bertz CT molecular complexity index is 640. The van der Waals surface area contributed by atoms with Gasteiger partial charge in [-0.1, -0.05) is 58.4 Å². The van der Waals surface area contributed by atoms with Gasteiger partial charge in [-0.3, -0.25) is 4.79 Å². The van der Waals surface area contributed by atoms with Crippen LogP contribution in [0.2, 0.25) is 0 Å². The average Bonchev–Trinajstić information content (AvgIpc) is 2.57. The number of carbonyl (C=O) groups is 2. The molecule has 4 heteroatoms. The Morgan fingerprint density at radius 3 is 2.88 bits per heavy atom. The molecule has 0 fully saturated rings. The third-order valence-electron chi connectivity index (χ3n) is 5.55. The number of carbonyl (C=O) groups excluding carboxylic acids is 2. The zero-order valence-corrected chi connectivity index (χ0v) is 15.4. The summed E-state index contributed by atoms with van der Waals surface area (Å²) >= 11 is 0. The molecule has 2 aliphatic rings. The van der Waals surface area contributed by atoms with Gasteiger partial charge >= 0.3 is 5.97 Å². The minimum Gasteiger partial charge on any atom is -0.455 e. The van der Waals surface area contributed by atoms with Gasteiger partial charge in [0.2, 0.25) is 0 Å². The van der Waals surface area contributed by atoms with Crippen LogP contribution in [0.4, 0.5) is 0 Å². The van der Waals surface area contributed by atoms with Gasteiger partial charge in [-0.15, -0.1) is 0 Å². The molecule has 0 aromatic heterocycles. The highest BCUT2D eigenvalue weighted by molar-refractivity contribution is 5.96. The number of rotatable bonds is 5. The quantitative estimate of drug-likeness (QED) is 0.471. The average molecular weight is 344 g/mol. The van der Waals surface area contributed by atoms with Gasteiger partial charge in [-0.25, -0.2) is 4.79 Å². The van der Waals surface area contributed by atoms with Crippen molar-refractivity contribution in [3.63, 3.8) is 0 Å². The molecule has 0 bridgehead atoms. The highest BCUT2D eigenvalue weighted by atomic mass is 16.5. The number of hydrogen-bond acceptors (Lipinski definition) is 4. The van der Waals surface area contributed by atoms with Crippen LogP contribution in [-0.4, -0.2) is 29.1 Å². The molecule has 0 unspecified atom stereocenters. The van der Waals surface area contributed by atoms with Gasteiger partial charge < -0.3 is 9.84 Å². The predicted molar refractivity (Wildman–Crippen MR) is 97.7 cm³/mol. The van der Waals surface area contributed by atoms with Gasteiger partial charge in [0.1, 0.15) is 12.2 Å². The topological polar surface area (TPSA) is 63.6 Å². The smallest absolute Gasteiger partial charge is 0.331 e. The molecule has 2 aliphatic carbocycles. The van der Waals surface area contributed by atoms with E-state index in [0.29, 0.717) is 12.3 Å². The largest absolute Gasteiger partial charge is 0.455 e. The molecule has 4 nitrogen and oxygen atoms in total. The number of ketones is 1. The van der Waals surface area contributed by atoms with Crippen molar-refractivity contribution in [3.8, 4) is 0 Å². The molecular weight excluding hydrogens is 316 g/mol. The summed E-state index contributed by atoms with van der Waals surface area (Å²) in [4.78, 5) is 23.8. The van der Waals surface area contributed by atoms with Crippen LogP contribution in [0.25, 0.3) is 0 Å². The molecule has 25 heavy (non-hydrogen) atoms. The van der Waals surface area contributed by atoms with Gasteiger partial charge in [0.05, 0.1) is 0 Å². The number of aliphatic hydroxyl groups is 1. The summed E-state index contributed by atoms with van der Waals surface area (Å²) in [5, 5.41) is 9.93. The van der Waals surface area contributed by atoms with Crippen LogP contribution < -0.4 is 0 Å². The van der Waals surface area contributed by atoms with E-state index in [2.05, 4.69) is 13.8 Å². The molecule has 0 saturated heterocycles. The fraction of sp³-hybridized carbons (Fsp3) is 0.524. The molecule has 0 amide bonds. The van der Waals surface area contributed by atoms with Gasteiger partial charge in [0.15, 0.2) is 5.78 Å². The monoisotopic (exact) mass is 344 g/mol. The SMILES string of the molecule is CC[C@H](C)/C=C/C=C/C(=O)O[C@H]1C=CC2=CC(=O)[C@@H](O)C[C@]2(C)[C@H]1C. The van der Waals surface area contributed by atoms with E-state index in [0.717, 1.165) is 12.0 Å². The highest BCUT2D eigenvalue weighted by Crippen LogP contribution is 2.48. The zero-order valence-electron chi connectivity index (χ0n) is 15.4. The molecule has 0 radical (unpaired) electrons. The summed E-state index contributed by atoms with van der Waals surface area (Å²) in [6, 6.07) is 0. The van der Waals surface area contributed by atoms with Crippen molar-refractivity contribution in [2.45, 2.75) is 52.7 Å². The lowest BCUT2D eigenvalue weighted by atomic mass is 9.61. The molecule has 136 valence electrons. The molecule has 0 aromatic carbocycles. The van der Waals surface area contributed by atoms with E-state index < -0.39 is 12.1 Å². The van der Waals surface area contributed by atoms with Crippen molar-refractivity contribution in [2.24, 2.45) is 17.3 Å². The molecule has 0 heterocycles. The number of ether oxygens (including phenoxy) is 1. The summed E-state index contributed by atoms with van der Waals surface area (Å²) in [7, 11) is 0. The van der Waals surface area contributed by atoms with E-state index in [9.17, 15) is 14.7 Å². The molecular formula is C21H28O4. The Balaban J connectivity index is 2.05. The Hall–Kier alpha value is -1.94. The Labute approximate surface area is 149 Å². The third-order valence-corrected chi connectivity index (χ3v) is 5.55. The standard InChI is InChI=1S/C21H28O4/c1-5-14(2)8-6-7-9-20(24)25-19-11-10-16-12-17(22)18(23)13-21(16,4)15(19)3/h6-12,14-15,18-19,23H,5,13H2,1-4H3/b8-6+,9-7+/t14-,15-,18-,19-,21+/m0/s1. The fourth-order valence-corrected chi connectivity index (χ4v) is 3.29. The first-order valence-corrected chi connectivity index (χ1v) is 8.95. The normalized spacial score (nSPS) is 33.4. The summed E-state index contributed by atoms with van der Waals surface area (Å²) in [5.74, 6) is -0.193. The maximum atomic E-state index is 12.1. The van der Waals surface area contributed by atoms with E-state index in [1.807, 2.05) is 38.2 Å². The number of allylic oxidation sites excluding steroid dienone is 5.